The van der Waals surface area contributed by atoms with Crippen molar-refractivity contribution >= 4 is 0 Å². The lowest BCUT2D eigenvalue weighted by molar-refractivity contribution is 0.743. The van der Waals surface area contributed by atoms with Crippen molar-refractivity contribution in [2.45, 2.75) is 32.2 Å². The molecule has 0 aliphatic rings. The fourth-order valence-electron chi connectivity index (χ4n) is 1.36. The third-order valence-electron chi connectivity index (χ3n) is 2.32. The van der Waals surface area contributed by atoms with Crippen molar-refractivity contribution in [2.24, 2.45) is 5.73 Å². The van der Waals surface area contributed by atoms with Crippen LogP contribution < -0.4 is 5.73 Å². The summed E-state index contributed by atoms with van der Waals surface area (Å²) in [4.78, 5) is 0. The van der Waals surface area contributed by atoms with Gasteiger partial charge in [-0.3, -0.25) is 0 Å². The van der Waals surface area contributed by atoms with Crippen molar-refractivity contribution in [3.8, 4) is 6.07 Å². The predicted octanol–water partition coefficient (Wildman–Crippen LogP) is 2.72. The molecule has 0 spiro atoms. The van der Waals surface area contributed by atoms with Gasteiger partial charge in [-0.25, -0.2) is 0 Å². The lowest BCUT2D eigenvalue weighted by Crippen LogP contribution is -2.09. The van der Waals surface area contributed by atoms with Gasteiger partial charge in [-0.2, -0.15) is 5.26 Å². The minimum Gasteiger partial charge on any atom is -0.323 e. The van der Waals surface area contributed by atoms with Crippen LogP contribution in [-0.4, -0.2) is 0 Å². The van der Waals surface area contributed by atoms with Gasteiger partial charge in [0.1, 0.15) is 0 Å². The second kappa shape index (κ2) is 4.78. The molecule has 0 aliphatic heterocycles. The summed E-state index contributed by atoms with van der Waals surface area (Å²) in [6.45, 7) is 4.30. The first-order valence-electron chi connectivity index (χ1n) is 4.87. The maximum Gasteiger partial charge on any atom is 0.0641 e. The molecule has 0 amide bonds. The van der Waals surface area contributed by atoms with Crippen molar-refractivity contribution < 1.29 is 0 Å². The lowest BCUT2D eigenvalue weighted by Gasteiger charge is -2.11. The van der Waals surface area contributed by atoms with Crippen LogP contribution in [0, 0.1) is 11.3 Å². The molecule has 0 fully saturated rings. The third-order valence-corrected chi connectivity index (χ3v) is 2.32. The van der Waals surface area contributed by atoms with Crippen LogP contribution >= 0.6 is 0 Å². The smallest absolute Gasteiger partial charge is 0.0641 e. The second-order valence-electron chi connectivity index (χ2n) is 3.79. The first kappa shape index (κ1) is 10.7. The standard InChI is InChI=1S/C12H16N2/c1-9(2)10-4-3-5-11(8-10)12(14)6-7-13/h3-5,8-9,12H,6,14H2,1-2H3/t12-/m0/s1. The van der Waals surface area contributed by atoms with E-state index in [0.717, 1.165) is 5.56 Å². The summed E-state index contributed by atoms with van der Waals surface area (Å²) in [5, 5.41) is 8.55. The van der Waals surface area contributed by atoms with Crippen molar-refractivity contribution in [1.82, 2.24) is 0 Å². The average Bonchev–Trinajstić information content (AvgIpc) is 2.18. The number of hydrogen-bond donors (Lipinski definition) is 1. The predicted molar refractivity (Wildman–Crippen MR) is 57.7 cm³/mol. The summed E-state index contributed by atoms with van der Waals surface area (Å²) in [6, 6.07) is 10.1. The summed E-state index contributed by atoms with van der Waals surface area (Å²) in [5.74, 6) is 0.504. The fourth-order valence-corrected chi connectivity index (χ4v) is 1.36. The zero-order valence-corrected chi connectivity index (χ0v) is 8.70. The fraction of sp³-hybridized carbons (Fsp3) is 0.417. The van der Waals surface area contributed by atoms with E-state index in [4.69, 9.17) is 11.0 Å². The normalized spacial score (nSPS) is 12.5. The summed E-state index contributed by atoms with van der Waals surface area (Å²) >= 11 is 0. The van der Waals surface area contributed by atoms with Crippen LogP contribution in [-0.2, 0) is 0 Å². The molecular weight excluding hydrogens is 172 g/mol. The van der Waals surface area contributed by atoms with E-state index < -0.39 is 0 Å². The summed E-state index contributed by atoms with van der Waals surface area (Å²) in [7, 11) is 0. The molecule has 14 heavy (non-hydrogen) atoms. The van der Waals surface area contributed by atoms with Crippen molar-refractivity contribution in [1.29, 1.82) is 5.26 Å². The van der Waals surface area contributed by atoms with Crippen LogP contribution in [0.1, 0.15) is 43.4 Å². The monoisotopic (exact) mass is 188 g/mol. The molecule has 0 radical (unpaired) electrons. The Morgan fingerprint density at radius 1 is 1.36 bits per heavy atom. The van der Waals surface area contributed by atoms with Gasteiger partial charge < -0.3 is 5.73 Å². The Morgan fingerprint density at radius 3 is 2.57 bits per heavy atom. The van der Waals surface area contributed by atoms with E-state index in [1.165, 1.54) is 5.56 Å². The van der Waals surface area contributed by atoms with Crippen LogP contribution in [0.2, 0.25) is 0 Å². The largest absolute Gasteiger partial charge is 0.323 e. The first-order valence-corrected chi connectivity index (χ1v) is 4.87. The SMILES string of the molecule is CC(C)c1cccc([C@@H](N)CC#N)c1. The quantitative estimate of drug-likeness (QED) is 0.792. The van der Waals surface area contributed by atoms with Gasteiger partial charge in [0.25, 0.3) is 0 Å². The Balaban J connectivity index is 2.89. The molecular formula is C12H16N2. The summed E-state index contributed by atoms with van der Waals surface area (Å²) < 4.78 is 0. The number of rotatable bonds is 3. The van der Waals surface area contributed by atoms with Crippen molar-refractivity contribution in [2.75, 3.05) is 0 Å². The van der Waals surface area contributed by atoms with E-state index in [1.54, 1.807) is 0 Å². The Labute approximate surface area is 85.4 Å². The van der Waals surface area contributed by atoms with Crippen molar-refractivity contribution in [3.05, 3.63) is 35.4 Å². The molecule has 0 saturated heterocycles. The van der Waals surface area contributed by atoms with Gasteiger partial charge in [0.15, 0.2) is 0 Å². The summed E-state index contributed by atoms with van der Waals surface area (Å²) in [5.41, 5.74) is 8.18. The number of hydrogen-bond acceptors (Lipinski definition) is 2. The zero-order valence-electron chi connectivity index (χ0n) is 8.70. The lowest BCUT2D eigenvalue weighted by atomic mass is 9.97. The topological polar surface area (TPSA) is 49.8 Å². The van der Waals surface area contributed by atoms with Gasteiger partial charge in [0.2, 0.25) is 0 Å². The Kier molecular flexibility index (Phi) is 3.67. The van der Waals surface area contributed by atoms with Gasteiger partial charge in [0, 0.05) is 6.04 Å². The van der Waals surface area contributed by atoms with Gasteiger partial charge in [0.05, 0.1) is 12.5 Å². The average molecular weight is 188 g/mol. The molecule has 0 heterocycles. The third kappa shape index (κ3) is 2.58. The molecule has 2 heteroatoms. The van der Waals surface area contributed by atoms with E-state index in [9.17, 15) is 0 Å². The highest BCUT2D eigenvalue weighted by Crippen LogP contribution is 2.20. The van der Waals surface area contributed by atoms with E-state index in [0.29, 0.717) is 12.3 Å². The molecule has 1 aromatic carbocycles. The Hall–Kier alpha value is -1.33. The van der Waals surface area contributed by atoms with E-state index in [1.807, 2.05) is 12.1 Å². The first-order chi connectivity index (χ1) is 6.65. The molecule has 1 rings (SSSR count). The number of nitrogens with zero attached hydrogens (tertiary/aromatic N) is 1. The molecule has 0 aromatic heterocycles. The molecule has 1 atom stereocenters. The number of nitriles is 1. The Morgan fingerprint density at radius 2 is 2.00 bits per heavy atom. The van der Waals surface area contributed by atoms with Crippen LogP contribution in [0.15, 0.2) is 24.3 Å². The molecule has 0 bridgehead atoms. The Bertz CT molecular complexity index is 336. The van der Waals surface area contributed by atoms with Gasteiger partial charge in [-0.1, -0.05) is 38.1 Å². The molecule has 2 N–H and O–H groups in total. The van der Waals surface area contributed by atoms with Crippen LogP contribution in [0.4, 0.5) is 0 Å². The highest BCUT2D eigenvalue weighted by molar-refractivity contribution is 5.28. The van der Waals surface area contributed by atoms with Gasteiger partial charge in [-0.15, -0.1) is 0 Å². The van der Waals surface area contributed by atoms with E-state index in [2.05, 4.69) is 32.0 Å². The molecule has 74 valence electrons. The van der Waals surface area contributed by atoms with E-state index in [-0.39, 0.29) is 6.04 Å². The summed E-state index contributed by atoms with van der Waals surface area (Å²) in [6.07, 6.45) is 0.377. The van der Waals surface area contributed by atoms with Gasteiger partial charge in [-0.05, 0) is 17.0 Å². The second-order valence-corrected chi connectivity index (χ2v) is 3.79. The molecule has 2 nitrogen and oxygen atoms in total. The highest BCUT2D eigenvalue weighted by Gasteiger charge is 2.06. The minimum absolute atomic E-state index is 0.154. The zero-order chi connectivity index (χ0) is 10.6. The molecule has 0 aliphatic carbocycles. The van der Waals surface area contributed by atoms with Crippen LogP contribution in [0.3, 0.4) is 0 Å². The van der Waals surface area contributed by atoms with Crippen molar-refractivity contribution in [3.63, 3.8) is 0 Å². The number of nitrogens with two attached hydrogens (primary N) is 1. The van der Waals surface area contributed by atoms with E-state index >= 15 is 0 Å². The van der Waals surface area contributed by atoms with Gasteiger partial charge >= 0.3 is 0 Å². The highest BCUT2D eigenvalue weighted by atomic mass is 14.6. The minimum atomic E-state index is -0.154. The molecule has 1 aromatic rings. The van der Waals surface area contributed by atoms with Crippen LogP contribution in [0.25, 0.3) is 0 Å². The van der Waals surface area contributed by atoms with Crippen LogP contribution in [0.5, 0.6) is 0 Å². The maximum absolute atomic E-state index is 8.55. The molecule has 0 saturated carbocycles. The number of benzene rings is 1. The maximum atomic E-state index is 8.55. The molecule has 0 unspecified atom stereocenters.